The number of hydrogen-bond donors (Lipinski definition) is 2. The molecule has 0 bridgehead atoms. The maximum absolute atomic E-state index is 12.2. The van der Waals surface area contributed by atoms with Gasteiger partial charge in [0.15, 0.2) is 0 Å². The summed E-state index contributed by atoms with van der Waals surface area (Å²) in [7, 11) is 3.37. The van der Waals surface area contributed by atoms with Crippen LogP contribution in [0.15, 0.2) is 36.7 Å². The molecule has 0 saturated heterocycles. The predicted octanol–water partition coefficient (Wildman–Crippen LogP) is 3.13. The summed E-state index contributed by atoms with van der Waals surface area (Å²) in [4.78, 5) is 7.48. The molecule has 0 aliphatic carbocycles. The molecule has 0 unspecified atom stereocenters. The summed E-state index contributed by atoms with van der Waals surface area (Å²) in [6.45, 7) is 0. The lowest BCUT2D eigenvalue weighted by atomic mass is 10.5. The van der Waals surface area contributed by atoms with Crippen LogP contribution in [0.3, 0.4) is 0 Å². The van der Waals surface area contributed by atoms with Crippen LogP contribution in [0.1, 0.15) is 0 Å². The van der Waals surface area contributed by atoms with E-state index < -0.39 is 5.95 Å². The first-order chi connectivity index (χ1) is 9.15. The van der Waals surface area contributed by atoms with Gasteiger partial charge in [0.1, 0.15) is 5.82 Å². The fraction of sp³-hybridized carbons (Fsp3) is 0.167. The minimum Gasteiger partial charge on any atom is -0.372 e. The molecule has 4 nitrogen and oxygen atoms in total. The van der Waals surface area contributed by atoms with Gasteiger partial charge in [-0.15, -0.1) is 0 Å². The first-order valence-corrected chi connectivity index (χ1v) is 7.43. The van der Waals surface area contributed by atoms with Crippen molar-refractivity contribution in [3.8, 4) is 0 Å². The number of rotatable bonds is 1. The van der Waals surface area contributed by atoms with Crippen molar-refractivity contribution in [2.75, 3.05) is 19.4 Å². The molecular formula is C12H15FI2N4. The number of aromatic nitrogens is 2. The molecule has 0 aliphatic rings. The molecular weight excluding hydrogens is 473 g/mol. The van der Waals surface area contributed by atoms with Crippen LogP contribution in [0, 0.1) is 13.1 Å². The van der Waals surface area contributed by atoms with Gasteiger partial charge in [0.05, 0.1) is 7.14 Å². The van der Waals surface area contributed by atoms with Crippen LogP contribution in [-0.2, 0) is 0 Å². The highest BCUT2D eigenvalue weighted by atomic mass is 127. The maximum Gasteiger partial charge on any atom is 0.226 e. The molecule has 2 aromatic heterocycles. The molecule has 0 radical (unpaired) electrons. The van der Waals surface area contributed by atoms with Crippen molar-refractivity contribution in [3.05, 3.63) is 49.7 Å². The van der Waals surface area contributed by atoms with Crippen molar-refractivity contribution in [2.45, 2.75) is 0 Å². The first-order valence-electron chi connectivity index (χ1n) is 5.27. The molecule has 0 atom stereocenters. The first kappa shape index (κ1) is 18.4. The van der Waals surface area contributed by atoms with E-state index in [1.807, 2.05) is 41.8 Å². The van der Waals surface area contributed by atoms with Crippen molar-refractivity contribution in [1.29, 1.82) is 0 Å². The lowest BCUT2D eigenvalue weighted by molar-refractivity contribution is 0.576. The van der Waals surface area contributed by atoms with Gasteiger partial charge >= 0.3 is 0 Å². The third kappa shape index (κ3) is 7.57. The Labute approximate surface area is 139 Å². The third-order valence-corrected chi connectivity index (χ3v) is 3.38. The number of halogens is 3. The standard InChI is InChI=1S/C6H7IN2.C5H3FIN.CH5N/c1-8-6-5(7)3-2-4-9-6;6-5-4(7)2-1-3-8-5;1-2/h2-4H,1H3,(H,8,9);1-3H;2H2,1H3. The van der Waals surface area contributed by atoms with Gasteiger partial charge in [0.25, 0.3) is 0 Å². The molecule has 2 aromatic rings. The summed E-state index contributed by atoms with van der Waals surface area (Å²) < 4.78 is 13.9. The summed E-state index contributed by atoms with van der Waals surface area (Å²) in [5.41, 5.74) is 4.50. The molecule has 2 rings (SSSR count). The highest BCUT2D eigenvalue weighted by Crippen LogP contribution is 2.11. The Morgan fingerprint density at radius 1 is 1.05 bits per heavy atom. The third-order valence-electron chi connectivity index (χ3n) is 1.71. The Morgan fingerprint density at radius 2 is 1.58 bits per heavy atom. The molecule has 0 saturated carbocycles. The van der Waals surface area contributed by atoms with E-state index in [9.17, 15) is 4.39 Å². The van der Waals surface area contributed by atoms with Crippen molar-refractivity contribution in [3.63, 3.8) is 0 Å². The molecule has 0 fully saturated rings. The van der Waals surface area contributed by atoms with Gasteiger partial charge in [-0.3, -0.25) is 0 Å². The van der Waals surface area contributed by atoms with Gasteiger partial charge in [-0.1, -0.05) is 0 Å². The highest BCUT2D eigenvalue weighted by Gasteiger charge is 1.93. The van der Waals surface area contributed by atoms with E-state index >= 15 is 0 Å². The smallest absolute Gasteiger partial charge is 0.226 e. The van der Waals surface area contributed by atoms with Gasteiger partial charge in [-0.05, 0) is 76.5 Å². The zero-order chi connectivity index (χ0) is 14.7. The van der Waals surface area contributed by atoms with Crippen molar-refractivity contribution in [1.82, 2.24) is 9.97 Å². The topological polar surface area (TPSA) is 63.8 Å². The number of nitrogens with one attached hydrogen (secondary N) is 1. The molecule has 19 heavy (non-hydrogen) atoms. The second kappa shape index (κ2) is 11.3. The SMILES string of the molecule is CN.CNc1ncccc1I.Fc1ncccc1I. The number of pyridine rings is 2. The zero-order valence-electron chi connectivity index (χ0n) is 10.6. The fourth-order valence-electron chi connectivity index (χ4n) is 0.936. The second-order valence-corrected chi connectivity index (χ2v) is 5.18. The lowest BCUT2D eigenvalue weighted by Crippen LogP contribution is -1.93. The molecule has 7 heteroatoms. The van der Waals surface area contributed by atoms with Crippen LogP contribution in [0.4, 0.5) is 10.2 Å². The number of anilines is 1. The van der Waals surface area contributed by atoms with Crippen LogP contribution in [-0.4, -0.2) is 24.1 Å². The van der Waals surface area contributed by atoms with Crippen molar-refractivity contribution in [2.24, 2.45) is 5.73 Å². The van der Waals surface area contributed by atoms with E-state index in [2.05, 4.69) is 43.6 Å². The van der Waals surface area contributed by atoms with E-state index in [4.69, 9.17) is 0 Å². The van der Waals surface area contributed by atoms with Crippen molar-refractivity contribution >= 4 is 51.0 Å². The largest absolute Gasteiger partial charge is 0.372 e. The van der Waals surface area contributed by atoms with Gasteiger partial charge in [0.2, 0.25) is 5.95 Å². The molecule has 0 aromatic carbocycles. The van der Waals surface area contributed by atoms with Crippen LogP contribution in [0.2, 0.25) is 0 Å². The minimum atomic E-state index is -0.395. The summed E-state index contributed by atoms with van der Waals surface area (Å²) in [6.07, 6.45) is 3.20. The van der Waals surface area contributed by atoms with E-state index in [0.717, 1.165) is 9.39 Å². The number of nitrogens with two attached hydrogens (primary N) is 1. The second-order valence-electron chi connectivity index (χ2n) is 2.86. The summed E-state index contributed by atoms with van der Waals surface area (Å²) >= 11 is 4.12. The van der Waals surface area contributed by atoms with Gasteiger partial charge in [-0.2, -0.15) is 4.39 Å². The minimum absolute atomic E-state index is 0.395. The van der Waals surface area contributed by atoms with E-state index in [-0.39, 0.29) is 0 Å². The van der Waals surface area contributed by atoms with Crippen molar-refractivity contribution < 1.29 is 4.39 Å². The zero-order valence-corrected chi connectivity index (χ0v) is 14.9. The molecule has 104 valence electrons. The Bertz CT molecular complexity index is 462. The Morgan fingerprint density at radius 3 is 1.89 bits per heavy atom. The Hall–Kier alpha value is -0.550. The summed E-state index contributed by atoms with van der Waals surface area (Å²) in [5.74, 6) is 0.547. The van der Waals surface area contributed by atoms with E-state index in [1.54, 1.807) is 18.3 Å². The monoisotopic (exact) mass is 488 g/mol. The molecule has 2 heterocycles. The quantitative estimate of drug-likeness (QED) is 0.479. The molecule has 3 N–H and O–H groups in total. The molecule has 0 amide bonds. The Kier molecular flexibility index (Phi) is 11.0. The average Bonchev–Trinajstić information content (AvgIpc) is 2.46. The normalized spacial score (nSPS) is 8.53. The van der Waals surface area contributed by atoms with E-state index in [0.29, 0.717) is 3.57 Å². The lowest BCUT2D eigenvalue weighted by Gasteiger charge is -1.98. The van der Waals surface area contributed by atoms with E-state index in [1.165, 1.54) is 13.2 Å². The summed E-state index contributed by atoms with van der Waals surface area (Å²) in [5, 5.41) is 2.98. The van der Waals surface area contributed by atoms with Crippen LogP contribution in [0.25, 0.3) is 0 Å². The fourth-order valence-corrected chi connectivity index (χ4v) is 1.90. The van der Waals surface area contributed by atoms with Gasteiger partial charge < -0.3 is 11.1 Å². The maximum atomic E-state index is 12.2. The molecule has 0 spiro atoms. The van der Waals surface area contributed by atoms with Crippen LogP contribution < -0.4 is 11.1 Å². The molecule has 0 aliphatic heterocycles. The predicted molar refractivity (Wildman–Crippen MR) is 93.5 cm³/mol. The van der Waals surface area contributed by atoms with Crippen LogP contribution in [0.5, 0.6) is 0 Å². The number of nitrogens with zero attached hydrogens (tertiary/aromatic N) is 2. The van der Waals surface area contributed by atoms with Gasteiger partial charge in [-0.25, -0.2) is 9.97 Å². The highest BCUT2D eigenvalue weighted by molar-refractivity contribution is 14.1. The van der Waals surface area contributed by atoms with Gasteiger partial charge in [0, 0.05) is 19.4 Å². The Balaban J connectivity index is 0.000000303. The van der Waals surface area contributed by atoms with Crippen LogP contribution >= 0.6 is 45.2 Å². The number of hydrogen-bond acceptors (Lipinski definition) is 4. The summed E-state index contributed by atoms with van der Waals surface area (Å²) in [6, 6.07) is 7.30. The average molecular weight is 488 g/mol.